The van der Waals surface area contributed by atoms with Crippen molar-refractivity contribution in [2.45, 2.75) is 0 Å². The lowest BCUT2D eigenvalue weighted by Gasteiger charge is -1.95. The molecule has 0 unspecified atom stereocenters. The second kappa shape index (κ2) is 5.20. The molecule has 0 spiro atoms. The number of aliphatic carboxylic acids is 1. The number of nitriles is 1. The lowest BCUT2D eigenvalue weighted by Crippen LogP contribution is -1.97. The average Bonchev–Trinajstić information content (AvgIpc) is 2.28. The van der Waals surface area contributed by atoms with Crippen LogP contribution >= 0.6 is 0 Å². The maximum atomic E-state index is 10.5. The highest BCUT2D eigenvalue weighted by Crippen LogP contribution is 2.15. The van der Waals surface area contributed by atoms with E-state index in [1.54, 1.807) is 18.2 Å². The Morgan fingerprint density at radius 3 is 2.56 bits per heavy atom. The van der Waals surface area contributed by atoms with Crippen molar-refractivity contribution in [2.75, 3.05) is 0 Å². The standard InChI is InChI=1S/C10H6N4O2/c11-6-8(10(15)16)5-7-1-3-9(4-2-7)13-14-12/h1-5H,(H,15,16). The number of benzene rings is 1. The summed E-state index contributed by atoms with van der Waals surface area (Å²) in [5, 5.41) is 20.5. The summed E-state index contributed by atoms with van der Waals surface area (Å²) in [7, 11) is 0. The quantitative estimate of drug-likeness (QED) is 0.274. The molecule has 0 saturated carbocycles. The lowest BCUT2D eigenvalue weighted by atomic mass is 10.1. The Bertz CT molecular complexity index is 519. The van der Waals surface area contributed by atoms with E-state index in [-0.39, 0.29) is 5.57 Å². The molecule has 0 fully saturated rings. The van der Waals surface area contributed by atoms with Crippen molar-refractivity contribution in [1.82, 2.24) is 0 Å². The molecular formula is C10H6N4O2. The highest BCUT2D eigenvalue weighted by Gasteiger charge is 2.04. The normalized spacial score (nSPS) is 10.1. The molecule has 16 heavy (non-hydrogen) atoms. The van der Waals surface area contributed by atoms with Crippen molar-refractivity contribution in [3.05, 3.63) is 45.8 Å². The highest BCUT2D eigenvalue weighted by atomic mass is 16.4. The van der Waals surface area contributed by atoms with Crippen LogP contribution in [0.3, 0.4) is 0 Å². The van der Waals surface area contributed by atoms with E-state index < -0.39 is 5.97 Å². The van der Waals surface area contributed by atoms with Crippen LogP contribution in [0.25, 0.3) is 16.5 Å². The summed E-state index contributed by atoms with van der Waals surface area (Å²) in [5.74, 6) is -1.28. The van der Waals surface area contributed by atoms with Crippen LogP contribution in [0, 0.1) is 11.3 Å². The molecule has 1 aromatic rings. The van der Waals surface area contributed by atoms with E-state index in [9.17, 15) is 4.79 Å². The molecular weight excluding hydrogens is 208 g/mol. The zero-order valence-electron chi connectivity index (χ0n) is 8.03. The number of azide groups is 1. The summed E-state index contributed by atoms with van der Waals surface area (Å²) in [6, 6.07) is 7.75. The molecule has 1 aromatic carbocycles. The minimum atomic E-state index is -1.28. The second-order valence-electron chi connectivity index (χ2n) is 2.76. The zero-order valence-corrected chi connectivity index (χ0v) is 8.03. The molecule has 6 heteroatoms. The summed E-state index contributed by atoms with van der Waals surface area (Å²) < 4.78 is 0. The summed E-state index contributed by atoms with van der Waals surface area (Å²) in [4.78, 5) is 13.2. The van der Waals surface area contributed by atoms with E-state index in [1.165, 1.54) is 18.2 Å². The molecule has 0 radical (unpaired) electrons. The molecule has 1 rings (SSSR count). The fraction of sp³-hybridized carbons (Fsp3) is 0. The van der Waals surface area contributed by atoms with Crippen molar-refractivity contribution >= 4 is 17.7 Å². The predicted molar refractivity (Wildman–Crippen MR) is 56.5 cm³/mol. The van der Waals surface area contributed by atoms with E-state index in [0.29, 0.717) is 11.3 Å². The first-order valence-corrected chi connectivity index (χ1v) is 4.17. The number of carboxylic acid groups (broad SMARTS) is 1. The Hall–Kier alpha value is -2.77. The van der Waals surface area contributed by atoms with Gasteiger partial charge < -0.3 is 5.11 Å². The van der Waals surface area contributed by atoms with Gasteiger partial charge in [0.2, 0.25) is 0 Å². The molecule has 6 nitrogen and oxygen atoms in total. The average molecular weight is 214 g/mol. The van der Waals surface area contributed by atoms with Gasteiger partial charge in [-0.2, -0.15) is 5.26 Å². The number of nitrogens with zero attached hydrogens (tertiary/aromatic N) is 4. The molecule has 0 amide bonds. The third kappa shape index (κ3) is 2.87. The molecule has 0 aliphatic rings. The van der Waals surface area contributed by atoms with E-state index >= 15 is 0 Å². The molecule has 0 atom stereocenters. The van der Waals surface area contributed by atoms with Gasteiger partial charge in [-0.15, -0.1) is 0 Å². The van der Waals surface area contributed by atoms with Gasteiger partial charge in [0.25, 0.3) is 0 Å². The Morgan fingerprint density at radius 2 is 2.12 bits per heavy atom. The van der Waals surface area contributed by atoms with Gasteiger partial charge in [-0.25, -0.2) is 4.79 Å². The van der Waals surface area contributed by atoms with Crippen molar-refractivity contribution in [3.8, 4) is 6.07 Å². The van der Waals surface area contributed by atoms with Crippen LogP contribution < -0.4 is 0 Å². The highest BCUT2D eigenvalue weighted by molar-refractivity contribution is 5.96. The summed E-state index contributed by atoms with van der Waals surface area (Å²) in [6.45, 7) is 0. The van der Waals surface area contributed by atoms with E-state index in [4.69, 9.17) is 15.9 Å². The molecule has 0 heterocycles. The number of carbonyl (C=O) groups is 1. The van der Waals surface area contributed by atoms with Gasteiger partial charge in [-0.1, -0.05) is 29.4 Å². The Labute approximate surface area is 90.7 Å². The van der Waals surface area contributed by atoms with Crippen LogP contribution in [0.2, 0.25) is 0 Å². The topological polar surface area (TPSA) is 110 Å². The van der Waals surface area contributed by atoms with Gasteiger partial charge in [0, 0.05) is 10.6 Å². The van der Waals surface area contributed by atoms with Crippen LogP contribution in [0.4, 0.5) is 5.69 Å². The molecule has 0 aromatic heterocycles. The van der Waals surface area contributed by atoms with Crippen molar-refractivity contribution in [1.29, 1.82) is 5.26 Å². The number of rotatable bonds is 3. The Kier molecular flexibility index (Phi) is 3.67. The Morgan fingerprint density at radius 1 is 1.50 bits per heavy atom. The molecule has 0 aliphatic heterocycles. The molecule has 0 aliphatic carbocycles. The minimum absolute atomic E-state index is 0.350. The van der Waals surface area contributed by atoms with Crippen molar-refractivity contribution in [2.24, 2.45) is 5.11 Å². The van der Waals surface area contributed by atoms with Gasteiger partial charge in [-0.05, 0) is 17.2 Å². The van der Waals surface area contributed by atoms with Gasteiger partial charge >= 0.3 is 5.97 Å². The maximum Gasteiger partial charge on any atom is 0.346 e. The summed E-state index contributed by atoms with van der Waals surface area (Å²) >= 11 is 0. The van der Waals surface area contributed by atoms with E-state index in [0.717, 1.165) is 0 Å². The predicted octanol–water partition coefficient (Wildman–Crippen LogP) is 2.62. The van der Waals surface area contributed by atoms with Crippen LogP contribution in [-0.2, 0) is 4.79 Å². The molecule has 78 valence electrons. The molecule has 0 saturated heterocycles. The number of carboxylic acids is 1. The first-order valence-electron chi connectivity index (χ1n) is 4.17. The van der Waals surface area contributed by atoms with Crippen molar-refractivity contribution in [3.63, 3.8) is 0 Å². The third-order valence-electron chi connectivity index (χ3n) is 1.72. The number of hydrogen-bond acceptors (Lipinski definition) is 3. The monoisotopic (exact) mass is 214 g/mol. The van der Waals surface area contributed by atoms with Gasteiger partial charge in [0.1, 0.15) is 11.6 Å². The fourth-order valence-electron chi connectivity index (χ4n) is 0.997. The van der Waals surface area contributed by atoms with E-state index in [2.05, 4.69) is 10.0 Å². The smallest absolute Gasteiger partial charge is 0.346 e. The largest absolute Gasteiger partial charge is 0.477 e. The summed E-state index contributed by atoms with van der Waals surface area (Å²) in [5.41, 5.74) is 8.80. The van der Waals surface area contributed by atoms with Crippen LogP contribution in [0.5, 0.6) is 0 Å². The molecule has 0 bridgehead atoms. The lowest BCUT2D eigenvalue weighted by molar-refractivity contribution is -0.132. The molecule has 1 N–H and O–H groups in total. The zero-order chi connectivity index (χ0) is 12.0. The minimum Gasteiger partial charge on any atom is -0.477 e. The maximum absolute atomic E-state index is 10.5. The summed E-state index contributed by atoms with van der Waals surface area (Å²) in [6.07, 6.45) is 1.24. The van der Waals surface area contributed by atoms with Gasteiger partial charge in [-0.3, -0.25) is 0 Å². The second-order valence-corrected chi connectivity index (χ2v) is 2.76. The third-order valence-corrected chi connectivity index (χ3v) is 1.72. The number of hydrogen-bond donors (Lipinski definition) is 1. The van der Waals surface area contributed by atoms with Gasteiger partial charge in [0.15, 0.2) is 0 Å². The van der Waals surface area contributed by atoms with Crippen molar-refractivity contribution < 1.29 is 9.90 Å². The van der Waals surface area contributed by atoms with Crippen LogP contribution in [0.1, 0.15) is 5.56 Å². The first-order chi connectivity index (χ1) is 7.67. The van der Waals surface area contributed by atoms with E-state index in [1.807, 2.05) is 0 Å². The Balaban J connectivity index is 3.04. The fourth-order valence-corrected chi connectivity index (χ4v) is 0.997. The van der Waals surface area contributed by atoms with Crippen LogP contribution in [-0.4, -0.2) is 11.1 Å². The van der Waals surface area contributed by atoms with Gasteiger partial charge in [0.05, 0.1) is 0 Å². The SMILES string of the molecule is N#CC(=Cc1ccc(N=[N+]=[N-])cc1)C(=O)O. The van der Waals surface area contributed by atoms with Crippen LogP contribution in [0.15, 0.2) is 35.0 Å². The first kappa shape index (κ1) is 11.3.